The Labute approximate surface area is 130 Å². The van der Waals surface area contributed by atoms with Crippen LogP contribution < -0.4 is 10.1 Å². The molecule has 1 N–H and O–H groups in total. The molecule has 0 aromatic carbocycles. The number of allylic oxidation sites excluding steroid dienone is 3. The molecule has 0 radical (unpaired) electrons. The van der Waals surface area contributed by atoms with Gasteiger partial charge in [0.2, 0.25) is 0 Å². The van der Waals surface area contributed by atoms with Gasteiger partial charge in [-0.15, -0.1) is 0 Å². The van der Waals surface area contributed by atoms with Gasteiger partial charge in [0.1, 0.15) is 12.4 Å². The number of rotatable bonds is 5. The number of hydrogen-bond acceptors (Lipinski definition) is 4. The van der Waals surface area contributed by atoms with E-state index in [0.29, 0.717) is 12.4 Å². The molecule has 0 aliphatic heterocycles. The van der Waals surface area contributed by atoms with Gasteiger partial charge in [-0.2, -0.15) is 0 Å². The van der Waals surface area contributed by atoms with Crippen molar-refractivity contribution < 1.29 is 4.74 Å². The Morgan fingerprint density at radius 2 is 2.18 bits per heavy atom. The van der Waals surface area contributed by atoms with Gasteiger partial charge in [-0.3, -0.25) is 0 Å². The molecule has 2 aromatic rings. The molecule has 3 rings (SSSR count). The van der Waals surface area contributed by atoms with Gasteiger partial charge in [0.15, 0.2) is 11.6 Å². The van der Waals surface area contributed by atoms with Crippen LogP contribution in [0.5, 0.6) is 5.75 Å². The van der Waals surface area contributed by atoms with Crippen molar-refractivity contribution >= 4 is 11.6 Å². The van der Waals surface area contributed by atoms with Crippen LogP contribution in [0.4, 0.5) is 11.6 Å². The molecule has 0 atom stereocenters. The summed E-state index contributed by atoms with van der Waals surface area (Å²) >= 11 is 0. The largest absolute Gasteiger partial charge is 0.485 e. The van der Waals surface area contributed by atoms with E-state index in [0.717, 1.165) is 30.1 Å². The molecule has 0 saturated heterocycles. The Balaban J connectivity index is 1.72. The van der Waals surface area contributed by atoms with Gasteiger partial charge in [0, 0.05) is 11.9 Å². The molecule has 0 unspecified atom stereocenters. The quantitative estimate of drug-likeness (QED) is 0.898. The number of hydrogen-bond donors (Lipinski definition) is 1. The Hall–Kier alpha value is -2.62. The number of ether oxygens (including phenoxy) is 1. The minimum atomic E-state index is 0.589. The van der Waals surface area contributed by atoms with Gasteiger partial charge in [0.05, 0.1) is 0 Å². The average molecular weight is 293 g/mol. The second-order valence-corrected chi connectivity index (χ2v) is 5.22. The molecular formula is C18H19N3O. The lowest BCUT2D eigenvalue weighted by atomic mass is 10.1. The first-order valence-corrected chi connectivity index (χ1v) is 7.44. The first-order valence-electron chi connectivity index (χ1n) is 7.44. The standard InChI is InChI=1S/C18H19N3O/c1-14-7-5-11-17(20-14)21-18-16(10-6-12-19-18)22-13-15-8-3-2-4-9-15/h2-3,5-8,10-12H,4,9,13H2,1H3,(H,19,20,21). The Bertz CT molecular complexity index is 707. The van der Waals surface area contributed by atoms with Crippen LogP contribution in [0, 0.1) is 6.92 Å². The van der Waals surface area contributed by atoms with Crippen molar-refractivity contribution in [2.24, 2.45) is 0 Å². The summed E-state index contributed by atoms with van der Waals surface area (Å²) in [5.74, 6) is 2.19. The van der Waals surface area contributed by atoms with Gasteiger partial charge >= 0.3 is 0 Å². The molecule has 2 heterocycles. The molecule has 2 aromatic heterocycles. The highest BCUT2D eigenvalue weighted by Gasteiger charge is 2.07. The smallest absolute Gasteiger partial charge is 0.174 e. The van der Waals surface area contributed by atoms with E-state index in [1.807, 2.05) is 37.3 Å². The predicted molar refractivity (Wildman–Crippen MR) is 88.4 cm³/mol. The van der Waals surface area contributed by atoms with Gasteiger partial charge in [0.25, 0.3) is 0 Å². The third-order valence-corrected chi connectivity index (χ3v) is 3.42. The monoisotopic (exact) mass is 293 g/mol. The highest BCUT2D eigenvalue weighted by molar-refractivity contribution is 5.59. The highest BCUT2D eigenvalue weighted by Crippen LogP contribution is 2.25. The maximum atomic E-state index is 5.92. The third-order valence-electron chi connectivity index (χ3n) is 3.42. The summed E-state index contributed by atoms with van der Waals surface area (Å²) in [5, 5.41) is 3.22. The van der Waals surface area contributed by atoms with Crippen molar-refractivity contribution in [3.63, 3.8) is 0 Å². The van der Waals surface area contributed by atoms with E-state index < -0.39 is 0 Å². The van der Waals surface area contributed by atoms with Crippen molar-refractivity contribution in [2.75, 3.05) is 11.9 Å². The molecular weight excluding hydrogens is 274 g/mol. The molecule has 4 heteroatoms. The van der Waals surface area contributed by atoms with Crippen LogP contribution in [0.3, 0.4) is 0 Å². The van der Waals surface area contributed by atoms with Gasteiger partial charge in [-0.05, 0) is 49.6 Å². The molecule has 0 amide bonds. The van der Waals surface area contributed by atoms with E-state index in [1.165, 1.54) is 5.57 Å². The number of aromatic nitrogens is 2. The normalized spacial score (nSPS) is 13.6. The van der Waals surface area contributed by atoms with E-state index in [4.69, 9.17) is 4.74 Å². The van der Waals surface area contributed by atoms with Crippen LogP contribution in [0.25, 0.3) is 0 Å². The van der Waals surface area contributed by atoms with E-state index in [9.17, 15) is 0 Å². The molecule has 4 nitrogen and oxygen atoms in total. The number of anilines is 2. The number of aryl methyl sites for hydroxylation is 1. The van der Waals surface area contributed by atoms with Crippen LogP contribution in [-0.2, 0) is 0 Å². The predicted octanol–water partition coefficient (Wildman–Crippen LogP) is 4.18. The molecule has 1 aliphatic rings. The molecule has 0 bridgehead atoms. The van der Waals surface area contributed by atoms with Crippen LogP contribution in [0.15, 0.2) is 60.3 Å². The third kappa shape index (κ3) is 3.73. The summed E-state index contributed by atoms with van der Waals surface area (Å²) in [6.07, 6.45) is 10.3. The Kier molecular flexibility index (Phi) is 4.49. The topological polar surface area (TPSA) is 47.0 Å². The maximum absolute atomic E-state index is 5.92. The van der Waals surface area contributed by atoms with Crippen LogP contribution in [-0.4, -0.2) is 16.6 Å². The van der Waals surface area contributed by atoms with E-state index >= 15 is 0 Å². The van der Waals surface area contributed by atoms with E-state index in [-0.39, 0.29) is 0 Å². The maximum Gasteiger partial charge on any atom is 0.174 e. The zero-order chi connectivity index (χ0) is 15.2. The van der Waals surface area contributed by atoms with E-state index in [2.05, 4.69) is 33.5 Å². The summed E-state index contributed by atoms with van der Waals surface area (Å²) < 4.78 is 5.92. The lowest BCUT2D eigenvalue weighted by Gasteiger charge is -2.14. The fourth-order valence-corrected chi connectivity index (χ4v) is 2.28. The second-order valence-electron chi connectivity index (χ2n) is 5.22. The van der Waals surface area contributed by atoms with Crippen molar-refractivity contribution in [3.05, 3.63) is 66.0 Å². The number of nitrogens with one attached hydrogen (secondary N) is 1. The SMILES string of the molecule is Cc1cccc(Nc2ncccc2OCC2=CC=CCC2)n1. The number of nitrogens with zero attached hydrogens (tertiary/aromatic N) is 2. The van der Waals surface area contributed by atoms with Crippen molar-refractivity contribution in [1.82, 2.24) is 9.97 Å². The summed E-state index contributed by atoms with van der Waals surface area (Å²) in [6.45, 7) is 2.55. The second kappa shape index (κ2) is 6.89. The summed E-state index contributed by atoms with van der Waals surface area (Å²) in [6, 6.07) is 9.64. The zero-order valence-electron chi connectivity index (χ0n) is 12.6. The Morgan fingerprint density at radius 3 is 3.00 bits per heavy atom. The van der Waals surface area contributed by atoms with Crippen molar-refractivity contribution in [2.45, 2.75) is 19.8 Å². The average Bonchev–Trinajstić information content (AvgIpc) is 2.55. The minimum absolute atomic E-state index is 0.589. The summed E-state index contributed by atoms with van der Waals surface area (Å²) in [4.78, 5) is 8.79. The molecule has 112 valence electrons. The fraction of sp³-hybridized carbons (Fsp3) is 0.222. The molecule has 0 saturated carbocycles. The van der Waals surface area contributed by atoms with Crippen LogP contribution in [0.2, 0.25) is 0 Å². The lowest BCUT2D eigenvalue weighted by molar-refractivity contribution is 0.348. The lowest BCUT2D eigenvalue weighted by Crippen LogP contribution is -2.06. The Morgan fingerprint density at radius 1 is 1.23 bits per heavy atom. The van der Waals surface area contributed by atoms with Gasteiger partial charge in [-0.25, -0.2) is 9.97 Å². The minimum Gasteiger partial charge on any atom is -0.485 e. The molecule has 22 heavy (non-hydrogen) atoms. The van der Waals surface area contributed by atoms with Crippen LogP contribution >= 0.6 is 0 Å². The van der Waals surface area contributed by atoms with Gasteiger partial charge < -0.3 is 10.1 Å². The summed E-state index contributed by atoms with van der Waals surface area (Å²) in [5.41, 5.74) is 2.26. The summed E-state index contributed by atoms with van der Waals surface area (Å²) in [7, 11) is 0. The zero-order valence-corrected chi connectivity index (χ0v) is 12.6. The molecule has 1 aliphatic carbocycles. The van der Waals surface area contributed by atoms with Crippen LogP contribution in [0.1, 0.15) is 18.5 Å². The molecule has 0 fully saturated rings. The molecule has 0 spiro atoms. The fourth-order valence-electron chi connectivity index (χ4n) is 2.28. The van der Waals surface area contributed by atoms with Crippen molar-refractivity contribution in [3.8, 4) is 5.75 Å². The van der Waals surface area contributed by atoms with E-state index in [1.54, 1.807) is 6.20 Å². The van der Waals surface area contributed by atoms with Crippen molar-refractivity contribution in [1.29, 1.82) is 0 Å². The first kappa shape index (κ1) is 14.3. The first-order chi connectivity index (χ1) is 10.8. The van der Waals surface area contributed by atoms with Gasteiger partial charge in [-0.1, -0.05) is 24.3 Å². The highest BCUT2D eigenvalue weighted by atomic mass is 16.5. The number of pyridine rings is 2.